The summed E-state index contributed by atoms with van der Waals surface area (Å²) < 4.78 is 5.71. The standard InChI is InChI=1S/C28H30BrClN6O4/c1-16(2)24(33-27(38)40-3)26(37)36-15-35(28(39)34-12-18-6-9-21(30)10-19(18)13-34)14-23(36)25-31-11-22(32-25)17-4-7-20(29)8-5-17/h4-11,16,23-24H,12-15H2,1-3H3,(H,31,32)(H,33,38). The summed E-state index contributed by atoms with van der Waals surface area (Å²) in [6.45, 7) is 4.89. The maximum absolute atomic E-state index is 13.9. The van der Waals surface area contributed by atoms with Crippen LogP contribution in [-0.2, 0) is 22.6 Å². The van der Waals surface area contributed by atoms with E-state index in [0.717, 1.165) is 26.9 Å². The van der Waals surface area contributed by atoms with Crippen molar-refractivity contribution in [1.82, 2.24) is 30.0 Å². The molecule has 40 heavy (non-hydrogen) atoms. The van der Waals surface area contributed by atoms with Gasteiger partial charge in [0.15, 0.2) is 0 Å². The Balaban J connectivity index is 1.42. The van der Waals surface area contributed by atoms with Gasteiger partial charge in [0.05, 0.1) is 26.0 Å². The first kappa shape index (κ1) is 28.0. The van der Waals surface area contributed by atoms with Crippen molar-refractivity contribution in [2.75, 3.05) is 20.3 Å². The molecule has 0 bridgehead atoms. The number of nitrogens with one attached hydrogen (secondary N) is 2. The average Bonchev–Trinajstić information content (AvgIpc) is 3.69. The number of alkyl carbamates (subject to hydrolysis) is 1. The van der Waals surface area contributed by atoms with Crippen LogP contribution >= 0.6 is 27.5 Å². The number of H-pyrrole nitrogens is 1. The number of rotatable bonds is 5. The number of carbonyl (C=O) groups excluding carboxylic acids is 3. The van der Waals surface area contributed by atoms with Gasteiger partial charge in [0.2, 0.25) is 5.91 Å². The highest BCUT2D eigenvalue weighted by Crippen LogP contribution is 2.33. The molecule has 0 saturated carbocycles. The second kappa shape index (κ2) is 11.5. The molecule has 12 heteroatoms. The van der Waals surface area contributed by atoms with E-state index in [1.165, 1.54) is 7.11 Å². The highest BCUT2D eigenvalue weighted by Gasteiger charge is 2.43. The molecule has 0 radical (unpaired) electrons. The Morgan fingerprint density at radius 2 is 1.82 bits per heavy atom. The second-order valence-electron chi connectivity index (χ2n) is 10.3. The number of halogens is 2. The van der Waals surface area contributed by atoms with Gasteiger partial charge >= 0.3 is 12.1 Å². The van der Waals surface area contributed by atoms with Crippen LogP contribution in [0.2, 0.25) is 5.02 Å². The van der Waals surface area contributed by atoms with Gasteiger partial charge in [-0.05, 0) is 41.3 Å². The van der Waals surface area contributed by atoms with E-state index in [-0.39, 0.29) is 31.1 Å². The van der Waals surface area contributed by atoms with Crippen LogP contribution in [0.1, 0.15) is 36.8 Å². The Morgan fingerprint density at radius 3 is 2.52 bits per heavy atom. The predicted octanol–water partition coefficient (Wildman–Crippen LogP) is 5.15. The number of hydrogen-bond donors (Lipinski definition) is 2. The SMILES string of the molecule is COC(=O)NC(C(=O)N1CN(C(=O)N2Cc3ccc(Cl)cc3C2)CC1c1nc(-c2ccc(Br)cc2)c[nH]1)C(C)C. The van der Waals surface area contributed by atoms with Gasteiger partial charge in [-0.1, -0.05) is 59.6 Å². The molecule has 2 atom stereocenters. The van der Waals surface area contributed by atoms with E-state index < -0.39 is 18.2 Å². The first-order valence-corrected chi connectivity index (χ1v) is 14.1. The molecule has 5 rings (SSSR count). The van der Waals surface area contributed by atoms with Crippen molar-refractivity contribution in [1.29, 1.82) is 0 Å². The number of benzene rings is 2. The van der Waals surface area contributed by atoms with Crippen molar-refractivity contribution in [2.24, 2.45) is 5.92 Å². The summed E-state index contributed by atoms with van der Waals surface area (Å²) >= 11 is 9.61. The highest BCUT2D eigenvalue weighted by atomic mass is 79.9. The molecule has 210 valence electrons. The van der Waals surface area contributed by atoms with Crippen molar-refractivity contribution in [3.63, 3.8) is 0 Å². The van der Waals surface area contributed by atoms with E-state index in [0.29, 0.717) is 23.9 Å². The van der Waals surface area contributed by atoms with Gasteiger partial charge in [-0.2, -0.15) is 0 Å². The van der Waals surface area contributed by atoms with Crippen molar-refractivity contribution in [2.45, 2.75) is 39.0 Å². The van der Waals surface area contributed by atoms with E-state index in [1.807, 2.05) is 56.3 Å². The minimum atomic E-state index is -0.843. The molecule has 0 spiro atoms. The fourth-order valence-electron chi connectivity index (χ4n) is 5.10. The first-order valence-electron chi connectivity index (χ1n) is 12.9. The number of amides is 4. The topological polar surface area (TPSA) is 111 Å². The summed E-state index contributed by atoms with van der Waals surface area (Å²) in [5.41, 5.74) is 3.70. The first-order chi connectivity index (χ1) is 19.1. The summed E-state index contributed by atoms with van der Waals surface area (Å²) in [7, 11) is 1.25. The molecule has 3 aromatic rings. The van der Waals surface area contributed by atoms with Crippen molar-refractivity contribution < 1.29 is 19.1 Å². The third-order valence-electron chi connectivity index (χ3n) is 7.25. The average molecular weight is 630 g/mol. The third kappa shape index (κ3) is 5.66. The van der Waals surface area contributed by atoms with E-state index in [1.54, 1.807) is 20.9 Å². The van der Waals surface area contributed by atoms with E-state index in [2.05, 4.69) is 26.2 Å². The zero-order valence-electron chi connectivity index (χ0n) is 22.4. The van der Waals surface area contributed by atoms with Crippen LogP contribution in [0.5, 0.6) is 0 Å². The molecule has 3 heterocycles. The molecule has 2 aliphatic rings. The molecule has 0 aliphatic carbocycles. The van der Waals surface area contributed by atoms with Crippen LogP contribution in [0, 0.1) is 5.92 Å². The number of ether oxygens (including phenoxy) is 1. The molecule has 1 saturated heterocycles. The molecule has 2 aliphatic heterocycles. The third-order valence-corrected chi connectivity index (χ3v) is 8.02. The lowest BCUT2D eigenvalue weighted by Gasteiger charge is -2.29. The number of carbonyl (C=O) groups is 3. The zero-order chi connectivity index (χ0) is 28.6. The highest BCUT2D eigenvalue weighted by molar-refractivity contribution is 9.10. The molecule has 1 aromatic heterocycles. The van der Waals surface area contributed by atoms with Crippen LogP contribution < -0.4 is 5.32 Å². The lowest BCUT2D eigenvalue weighted by Crippen LogP contribution is -2.52. The number of imidazole rings is 1. The minimum absolute atomic E-state index is 0.0519. The van der Waals surface area contributed by atoms with Crippen molar-refractivity contribution in [3.05, 3.63) is 75.1 Å². The second-order valence-corrected chi connectivity index (χ2v) is 11.6. The molecule has 4 amide bonds. The van der Waals surface area contributed by atoms with E-state index in [4.69, 9.17) is 21.3 Å². The Hall–Kier alpha value is -3.57. The van der Waals surface area contributed by atoms with Crippen molar-refractivity contribution in [3.8, 4) is 11.3 Å². The van der Waals surface area contributed by atoms with Crippen LogP contribution in [-0.4, -0.2) is 69.1 Å². The van der Waals surface area contributed by atoms with Crippen LogP contribution in [0.15, 0.2) is 53.1 Å². The largest absolute Gasteiger partial charge is 0.453 e. The number of aromatic amines is 1. The van der Waals surface area contributed by atoms with Gasteiger partial charge < -0.3 is 29.7 Å². The molecule has 1 fully saturated rings. The molecule has 2 unspecified atom stereocenters. The predicted molar refractivity (Wildman–Crippen MR) is 153 cm³/mol. The molecule has 10 nitrogen and oxygen atoms in total. The van der Waals surface area contributed by atoms with Gasteiger partial charge in [-0.25, -0.2) is 14.6 Å². The number of nitrogens with zero attached hydrogens (tertiary/aromatic N) is 4. The van der Waals surface area contributed by atoms with Gasteiger partial charge in [-0.15, -0.1) is 0 Å². The Bertz CT molecular complexity index is 1430. The quantitative estimate of drug-likeness (QED) is 0.406. The molecule has 2 aromatic carbocycles. The molecular formula is C28H30BrClN6O4. The summed E-state index contributed by atoms with van der Waals surface area (Å²) in [5, 5.41) is 3.28. The van der Waals surface area contributed by atoms with Crippen molar-refractivity contribution >= 4 is 45.6 Å². The lowest BCUT2D eigenvalue weighted by atomic mass is 10.0. The van der Waals surface area contributed by atoms with E-state index in [9.17, 15) is 14.4 Å². The zero-order valence-corrected chi connectivity index (χ0v) is 24.7. The summed E-state index contributed by atoms with van der Waals surface area (Å²) in [6.07, 6.45) is 1.10. The smallest absolute Gasteiger partial charge is 0.407 e. The Labute approximate surface area is 245 Å². The van der Waals surface area contributed by atoms with Gasteiger partial charge in [0, 0.05) is 34.3 Å². The maximum Gasteiger partial charge on any atom is 0.407 e. The number of hydrogen-bond acceptors (Lipinski definition) is 5. The fraction of sp³-hybridized carbons (Fsp3) is 0.357. The number of fused-ring (bicyclic) bond motifs is 1. The summed E-state index contributed by atoms with van der Waals surface area (Å²) in [4.78, 5) is 52.6. The van der Waals surface area contributed by atoms with Gasteiger partial charge in [0.1, 0.15) is 17.9 Å². The monoisotopic (exact) mass is 628 g/mol. The number of methoxy groups -OCH3 is 1. The van der Waals surface area contributed by atoms with Gasteiger partial charge in [0.25, 0.3) is 0 Å². The van der Waals surface area contributed by atoms with Crippen LogP contribution in [0.25, 0.3) is 11.3 Å². The number of urea groups is 1. The maximum atomic E-state index is 13.9. The molecule has 2 N–H and O–H groups in total. The van der Waals surface area contributed by atoms with E-state index >= 15 is 0 Å². The normalized spacial score (nSPS) is 17.2. The summed E-state index contributed by atoms with van der Waals surface area (Å²) in [5.74, 6) is 0.0159. The minimum Gasteiger partial charge on any atom is -0.453 e. The summed E-state index contributed by atoms with van der Waals surface area (Å²) in [6, 6.07) is 11.8. The lowest BCUT2D eigenvalue weighted by molar-refractivity contribution is -0.135. The fourth-order valence-corrected chi connectivity index (χ4v) is 5.55. The van der Waals surface area contributed by atoms with Crippen LogP contribution in [0.3, 0.4) is 0 Å². The molecular weight excluding hydrogens is 600 g/mol. The Kier molecular flexibility index (Phi) is 8.04. The Morgan fingerprint density at radius 1 is 1.10 bits per heavy atom. The number of aromatic nitrogens is 2. The van der Waals surface area contributed by atoms with Crippen LogP contribution in [0.4, 0.5) is 9.59 Å². The van der Waals surface area contributed by atoms with Gasteiger partial charge in [-0.3, -0.25) is 4.79 Å².